The minimum atomic E-state index is -3.70. The van der Waals surface area contributed by atoms with Gasteiger partial charge >= 0.3 is 0 Å². The van der Waals surface area contributed by atoms with E-state index in [4.69, 9.17) is 4.42 Å². The molecule has 0 aliphatic heterocycles. The molecule has 6 nitrogen and oxygen atoms in total. The summed E-state index contributed by atoms with van der Waals surface area (Å²) in [6, 6.07) is 22.6. The van der Waals surface area contributed by atoms with Crippen LogP contribution in [0.5, 0.6) is 0 Å². The molecule has 0 saturated carbocycles. The highest BCUT2D eigenvalue weighted by Gasteiger charge is 2.15. The molecule has 8 heteroatoms. The van der Waals surface area contributed by atoms with E-state index in [0.717, 1.165) is 10.0 Å². The molecule has 0 spiro atoms. The Morgan fingerprint density at radius 1 is 0.786 bits per heavy atom. The molecule has 0 atom stereocenters. The van der Waals surface area contributed by atoms with Crippen molar-refractivity contribution < 1.29 is 12.8 Å². The van der Waals surface area contributed by atoms with E-state index in [1.165, 1.54) is 12.1 Å². The second-order valence-electron chi connectivity index (χ2n) is 5.92. The lowest BCUT2D eigenvalue weighted by atomic mass is 10.2. The fourth-order valence-corrected chi connectivity index (χ4v) is 3.89. The van der Waals surface area contributed by atoms with E-state index in [1.807, 2.05) is 30.3 Å². The molecule has 28 heavy (non-hydrogen) atoms. The fraction of sp³-hybridized carbons (Fsp3) is 0. The van der Waals surface area contributed by atoms with Crippen LogP contribution in [0.25, 0.3) is 22.9 Å². The third-order valence-corrected chi connectivity index (χ3v) is 5.86. The lowest BCUT2D eigenvalue weighted by molar-refractivity contribution is 0.584. The molecule has 0 aliphatic rings. The Bertz CT molecular complexity index is 1210. The zero-order valence-corrected chi connectivity index (χ0v) is 16.8. The van der Waals surface area contributed by atoms with Crippen molar-refractivity contribution in [3.05, 3.63) is 83.3 Å². The first-order valence-electron chi connectivity index (χ1n) is 8.29. The van der Waals surface area contributed by atoms with Crippen molar-refractivity contribution in [1.82, 2.24) is 10.2 Å². The van der Waals surface area contributed by atoms with Crippen LogP contribution in [0.3, 0.4) is 0 Å². The number of nitrogens with one attached hydrogen (secondary N) is 1. The van der Waals surface area contributed by atoms with E-state index >= 15 is 0 Å². The summed E-state index contributed by atoms with van der Waals surface area (Å²) in [6.07, 6.45) is 0. The van der Waals surface area contributed by atoms with Gasteiger partial charge in [0, 0.05) is 21.3 Å². The van der Waals surface area contributed by atoms with Gasteiger partial charge in [-0.2, -0.15) is 0 Å². The van der Waals surface area contributed by atoms with E-state index in [2.05, 4.69) is 30.8 Å². The lowest BCUT2D eigenvalue weighted by Crippen LogP contribution is -2.12. The van der Waals surface area contributed by atoms with E-state index in [-0.39, 0.29) is 4.90 Å². The second-order valence-corrected chi connectivity index (χ2v) is 8.52. The smallest absolute Gasteiger partial charge is 0.261 e. The average Bonchev–Trinajstić information content (AvgIpc) is 3.19. The Balaban J connectivity index is 1.60. The summed E-state index contributed by atoms with van der Waals surface area (Å²) in [6.45, 7) is 0. The molecule has 1 N–H and O–H groups in total. The van der Waals surface area contributed by atoms with Crippen LogP contribution in [0.1, 0.15) is 0 Å². The average molecular weight is 456 g/mol. The molecule has 0 fully saturated rings. The van der Waals surface area contributed by atoms with Gasteiger partial charge < -0.3 is 4.42 Å². The van der Waals surface area contributed by atoms with Gasteiger partial charge in [0.15, 0.2) is 0 Å². The Labute approximate surface area is 170 Å². The van der Waals surface area contributed by atoms with Gasteiger partial charge in [0.1, 0.15) is 0 Å². The lowest BCUT2D eigenvalue weighted by Gasteiger charge is -2.09. The molecule has 0 radical (unpaired) electrons. The highest BCUT2D eigenvalue weighted by atomic mass is 79.9. The fourth-order valence-electron chi connectivity index (χ4n) is 2.58. The van der Waals surface area contributed by atoms with E-state index in [1.54, 1.807) is 36.4 Å². The first kappa shape index (κ1) is 18.4. The van der Waals surface area contributed by atoms with Crippen molar-refractivity contribution in [2.75, 3.05) is 4.72 Å². The van der Waals surface area contributed by atoms with Gasteiger partial charge in [-0.15, -0.1) is 10.2 Å². The zero-order chi connectivity index (χ0) is 19.6. The number of aromatic nitrogens is 2. The van der Waals surface area contributed by atoms with Crippen molar-refractivity contribution in [2.45, 2.75) is 4.90 Å². The van der Waals surface area contributed by atoms with E-state index in [0.29, 0.717) is 23.0 Å². The number of anilines is 1. The summed E-state index contributed by atoms with van der Waals surface area (Å²) in [5.41, 5.74) is 1.83. The van der Waals surface area contributed by atoms with Crippen molar-refractivity contribution in [1.29, 1.82) is 0 Å². The van der Waals surface area contributed by atoms with Gasteiger partial charge in [0.2, 0.25) is 11.8 Å². The van der Waals surface area contributed by atoms with Crippen LogP contribution in [0.4, 0.5) is 5.69 Å². The minimum absolute atomic E-state index is 0.172. The van der Waals surface area contributed by atoms with Gasteiger partial charge in [0.05, 0.1) is 4.90 Å². The molecule has 3 aromatic carbocycles. The van der Waals surface area contributed by atoms with Crippen molar-refractivity contribution in [3.63, 3.8) is 0 Å². The van der Waals surface area contributed by atoms with Gasteiger partial charge in [-0.05, 0) is 54.6 Å². The maximum atomic E-state index is 12.6. The number of hydrogen-bond acceptors (Lipinski definition) is 5. The van der Waals surface area contributed by atoms with E-state index in [9.17, 15) is 8.42 Å². The number of benzene rings is 3. The normalized spacial score (nSPS) is 11.3. The van der Waals surface area contributed by atoms with Crippen molar-refractivity contribution >= 4 is 31.6 Å². The van der Waals surface area contributed by atoms with Crippen LogP contribution in [-0.2, 0) is 10.0 Å². The molecule has 0 unspecified atom stereocenters. The summed E-state index contributed by atoms with van der Waals surface area (Å²) in [5, 5.41) is 8.13. The molecule has 1 aromatic heterocycles. The quantitative estimate of drug-likeness (QED) is 0.459. The largest absolute Gasteiger partial charge is 0.416 e. The molecule has 0 amide bonds. The van der Waals surface area contributed by atoms with Crippen LogP contribution in [-0.4, -0.2) is 18.6 Å². The van der Waals surface area contributed by atoms with Crippen LogP contribution in [0, 0.1) is 0 Å². The highest BCUT2D eigenvalue weighted by molar-refractivity contribution is 9.10. The summed E-state index contributed by atoms with van der Waals surface area (Å²) in [5.74, 6) is 0.708. The minimum Gasteiger partial charge on any atom is -0.416 e. The van der Waals surface area contributed by atoms with Crippen molar-refractivity contribution in [3.8, 4) is 22.9 Å². The first-order chi connectivity index (χ1) is 13.5. The summed E-state index contributed by atoms with van der Waals surface area (Å²) >= 11 is 3.29. The van der Waals surface area contributed by atoms with Crippen LogP contribution in [0.15, 0.2) is 92.6 Å². The van der Waals surface area contributed by atoms with Crippen LogP contribution >= 0.6 is 15.9 Å². The number of nitrogens with zero attached hydrogens (tertiary/aromatic N) is 2. The Kier molecular flexibility index (Phi) is 4.97. The number of hydrogen-bond donors (Lipinski definition) is 1. The van der Waals surface area contributed by atoms with Gasteiger partial charge in [-0.1, -0.05) is 40.2 Å². The predicted molar refractivity (Wildman–Crippen MR) is 110 cm³/mol. The maximum Gasteiger partial charge on any atom is 0.261 e. The number of sulfonamides is 1. The summed E-state index contributed by atoms with van der Waals surface area (Å²) in [4.78, 5) is 0.172. The Morgan fingerprint density at radius 3 is 2.14 bits per heavy atom. The van der Waals surface area contributed by atoms with Gasteiger partial charge in [-0.3, -0.25) is 4.72 Å². The number of halogens is 1. The maximum absolute atomic E-state index is 12.6. The molecule has 0 aliphatic carbocycles. The first-order valence-corrected chi connectivity index (χ1v) is 10.6. The molecule has 4 aromatic rings. The van der Waals surface area contributed by atoms with Crippen LogP contribution in [0.2, 0.25) is 0 Å². The standard InChI is InChI=1S/C20H14BrN3O3S/c21-16-9-11-18(12-10-16)28(25,26)24-17-8-4-7-15(13-17)20-23-22-19(27-20)14-5-2-1-3-6-14/h1-13,24H. The van der Waals surface area contributed by atoms with Crippen LogP contribution < -0.4 is 4.72 Å². The zero-order valence-electron chi connectivity index (χ0n) is 14.4. The third kappa shape index (κ3) is 3.97. The Morgan fingerprint density at radius 2 is 1.43 bits per heavy atom. The number of rotatable bonds is 5. The monoisotopic (exact) mass is 455 g/mol. The van der Waals surface area contributed by atoms with E-state index < -0.39 is 10.0 Å². The Hall–Kier alpha value is -2.97. The highest BCUT2D eigenvalue weighted by Crippen LogP contribution is 2.26. The molecule has 0 bridgehead atoms. The SMILES string of the molecule is O=S(=O)(Nc1cccc(-c2nnc(-c3ccccc3)o2)c1)c1ccc(Br)cc1. The van der Waals surface area contributed by atoms with Gasteiger partial charge in [-0.25, -0.2) is 8.42 Å². The molecule has 140 valence electrons. The molecule has 1 heterocycles. The second kappa shape index (κ2) is 7.57. The van der Waals surface area contributed by atoms with Gasteiger partial charge in [0.25, 0.3) is 10.0 Å². The molecule has 4 rings (SSSR count). The predicted octanol–water partition coefficient (Wildman–Crippen LogP) is 4.97. The summed E-state index contributed by atoms with van der Waals surface area (Å²) in [7, 11) is -3.70. The summed E-state index contributed by atoms with van der Waals surface area (Å²) < 4.78 is 34.3. The topological polar surface area (TPSA) is 85.1 Å². The molecular weight excluding hydrogens is 442 g/mol. The third-order valence-electron chi connectivity index (χ3n) is 3.93. The molecule has 0 saturated heterocycles. The molecular formula is C20H14BrN3O3S. The van der Waals surface area contributed by atoms with Crippen molar-refractivity contribution in [2.24, 2.45) is 0 Å².